The molecule has 0 aromatic carbocycles. The molecule has 1 rings (SSSR count). The van der Waals surface area contributed by atoms with Crippen LogP contribution >= 0.6 is 0 Å². The minimum atomic E-state index is -2.76. The lowest BCUT2D eigenvalue weighted by Gasteiger charge is -2.23. The average Bonchev–Trinajstić information content (AvgIpc) is 2.57. The number of sulfone groups is 1. The van der Waals surface area contributed by atoms with Crippen molar-refractivity contribution in [3.05, 3.63) is 0 Å². The van der Waals surface area contributed by atoms with Gasteiger partial charge in [0.2, 0.25) is 0 Å². The van der Waals surface area contributed by atoms with Gasteiger partial charge in [0.1, 0.15) is 0 Å². The molecule has 6 heteroatoms. The molecule has 0 saturated carbocycles. The minimum absolute atomic E-state index is 0.218. The first kappa shape index (κ1) is 14.9. The molecule has 0 aliphatic carbocycles. The molecule has 0 bridgehead atoms. The molecule has 0 aromatic rings. The maximum absolute atomic E-state index is 11.3. The van der Waals surface area contributed by atoms with Crippen molar-refractivity contribution in [2.75, 3.05) is 58.8 Å². The van der Waals surface area contributed by atoms with Crippen molar-refractivity contribution in [2.45, 2.75) is 12.5 Å². The van der Waals surface area contributed by atoms with E-state index in [1.54, 1.807) is 0 Å². The highest BCUT2D eigenvalue weighted by Gasteiger charge is 2.30. The zero-order valence-corrected chi connectivity index (χ0v) is 12.0. The quantitative estimate of drug-likeness (QED) is 0.613. The first-order chi connectivity index (χ1) is 7.91. The predicted molar refractivity (Wildman–Crippen MR) is 71.1 cm³/mol. The molecule has 1 fully saturated rings. The molecule has 0 radical (unpaired) electrons. The topological polar surface area (TPSA) is 52.6 Å². The van der Waals surface area contributed by atoms with E-state index in [1.165, 1.54) is 0 Å². The van der Waals surface area contributed by atoms with Crippen LogP contribution in [0, 0.1) is 0 Å². The van der Waals surface area contributed by atoms with E-state index in [2.05, 4.69) is 29.2 Å². The Bertz CT molecular complexity index is 317. The van der Waals surface area contributed by atoms with Gasteiger partial charge in [-0.05, 0) is 27.6 Å². The summed E-state index contributed by atoms with van der Waals surface area (Å²) in [5.74, 6) is 0.692. The highest BCUT2D eigenvalue weighted by atomic mass is 32.2. The molecule has 102 valence electrons. The molecule has 0 spiro atoms. The van der Waals surface area contributed by atoms with Crippen molar-refractivity contribution < 1.29 is 8.42 Å². The third-order valence-corrected chi connectivity index (χ3v) is 4.96. The Balaban J connectivity index is 2.11. The Labute approximate surface area is 105 Å². The highest BCUT2D eigenvalue weighted by molar-refractivity contribution is 7.91. The summed E-state index contributed by atoms with van der Waals surface area (Å²) in [6, 6.07) is 0.218. The molecule has 1 aliphatic heterocycles. The third kappa shape index (κ3) is 5.81. The monoisotopic (exact) mass is 263 g/mol. The molecular weight excluding hydrogens is 238 g/mol. The maximum atomic E-state index is 11.3. The first-order valence-electron chi connectivity index (χ1n) is 6.17. The number of rotatable bonds is 7. The number of hydrogen-bond acceptors (Lipinski definition) is 5. The summed E-state index contributed by atoms with van der Waals surface area (Å²) in [4.78, 5) is 4.30. The Morgan fingerprint density at radius 2 is 1.82 bits per heavy atom. The van der Waals surface area contributed by atoms with Crippen LogP contribution in [-0.2, 0) is 9.84 Å². The summed E-state index contributed by atoms with van der Waals surface area (Å²) < 4.78 is 22.7. The second kappa shape index (κ2) is 6.68. The molecule has 1 N–H and O–H groups in total. The molecule has 1 unspecified atom stereocenters. The number of nitrogens with zero attached hydrogens (tertiary/aromatic N) is 2. The first-order valence-corrected chi connectivity index (χ1v) is 7.99. The zero-order chi connectivity index (χ0) is 12.9. The summed E-state index contributed by atoms with van der Waals surface area (Å²) in [7, 11) is 3.36. The molecule has 0 aromatic heterocycles. The lowest BCUT2D eigenvalue weighted by Crippen LogP contribution is -2.39. The number of nitrogens with one attached hydrogen (secondary N) is 1. The van der Waals surface area contributed by atoms with Crippen LogP contribution in [0.1, 0.15) is 6.42 Å². The predicted octanol–water partition coefficient (Wildman–Crippen LogP) is -0.743. The van der Waals surface area contributed by atoms with E-state index in [1.807, 2.05) is 7.05 Å². The third-order valence-electron chi connectivity index (χ3n) is 3.21. The van der Waals surface area contributed by atoms with E-state index in [4.69, 9.17) is 0 Å². The van der Waals surface area contributed by atoms with E-state index in [-0.39, 0.29) is 6.04 Å². The normalized spacial score (nSPS) is 23.7. The van der Waals surface area contributed by atoms with Gasteiger partial charge in [-0.25, -0.2) is 8.42 Å². The van der Waals surface area contributed by atoms with Gasteiger partial charge >= 0.3 is 0 Å². The van der Waals surface area contributed by atoms with Crippen LogP contribution < -0.4 is 5.32 Å². The van der Waals surface area contributed by atoms with Gasteiger partial charge in [0.15, 0.2) is 9.84 Å². The fourth-order valence-electron chi connectivity index (χ4n) is 1.99. The molecule has 1 aliphatic rings. The SMILES string of the molecule is CN(C)CCNCCN(C)C1CCS(=O)(=O)C1. The average molecular weight is 263 g/mol. The number of hydrogen-bond donors (Lipinski definition) is 1. The lowest BCUT2D eigenvalue weighted by atomic mass is 10.2. The van der Waals surface area contributed by atoms with Crippen LogP contribution in [0.4, 0.5) is 0 Å². The van der Waals surface area contributed by atoms with Crippen LogP contribution in [0.5, 0.6) is 0 Å². The van der Waals surface area contributed by atoms with E-state index in [0.29, 0.717) is 11.5 Å². The fourth-order valence-corrected chi connectivity index (χ4v) is 3.79. The number of likely N-dealkylation sites (N-methyl/N-ethyl adjacent to an activating group) is 2. The minimum Gasteiger partial charge on any atom is -0.314 e. The van der Waals surface area contributed by atoms with Gasteiger partial charge in [0.25, 0.3) is 0 Å². The van der Waals surface area contributed by atoms with Crippen molar-refractivity contribution in [3.63, 3.8) is 0 Å². The molecule has 0 amide bonds. The second-order valence-corrected chi connectivity index (χ2v) is 7.32. The van der Waals surface area contributed by atoms with Gasteiger partial charge in [-0.1, -0.05) is 0 Å². The summed E-state index contributed by atoms with van der Waals surface area (Å²) in [6.07, 6.45) is 0.788. The summed E-state index contributed by atoms with van der Waals surface area (Å²) >= 11 is 0. The molecular formula is C11H25N3O2S. The molecule has 1 atom stereocenters. The Morgan fingerprint density at radius 3 is 2.35 bits per heavy atom. The molecule has 17 heavy (non-hydrogen) atoms. The van der Waals surface area contributed by atoms with Gasteiger partial charge in [0, 0.05) is 32.2 Å². The zero-order valence-electron chi connectivity index (χ0n) is 11.1. The standard InChI is InChI=1S/C11H25N3O2S/c1-13(2)7-5-12-6-8-14(3)11-4-9-17(15,16)10-11/h11-12H,4-10H2,1-3H3. The smallest absolute Gasteiger partial charge is 0.151 e. The van der Waals surface area contributed by atoms with Gasteiger partial charge < -0.3 is 15.1 Å². The fraction of sp³-hybridized carbons (Fsp3) is 1.00. The van der Waals surface area contributed by atoms with E-state index < -0.39 is 9.84 Å². The van der Waals surface area contributed by atoms with Crippen LogP contribution in [0.25, 0.3) is 0 Å². The maximum Gasteiger partial charge on any atom is 0.151 e. The molecule has 1 heterocycles. The van der Waals surface area contributed by atoms with Crippen LogP contribution in [-0.4, -0.2) is 83.1 Å². The van der Waals surface area contributed by atoms with Crippen LogP contribution in [0.3, 0.4) is 0 Å². The van der Waals surface area contributed by atoms with E-state index >= 15 is 0 Å². The van der Waals surface area contributed by atoms with Gasteiger partial charge in [-0.15, -0.1) is 0 Å². The Kier molecular flexibility index (Phi) is 5.85. The van der Waals surface area contributed by atoms with Crippen molar-refractivity contribution in [3.8, 4) is 0 Å². The van der Waals surface area contributed by atoms with Gasteiger partial charge in [0.05, 0.1) is 11.5 Å². The highest BCUT2D eigenvalue weighted by Crippen LogP contribution is 2.15. The Hall–Kier alpha value is -0.170. The van der Waals surface area contributed by atoms with Crippen molar-refractivity contribution in [1.82, 2.24) is 15.1 Å². The van der Waals surface area contributed by atoms with E-state index in [9.17, 15) is 8.42 Å². The summed E-state index contributed by atoms with van der Waals surface area (Å²) in [5.41, 5.74) is 0. The van der Waals surface area contributed by atoms with Gasteiger partial charge in [-0.3, -0.25) is 0 Å². The second-order valence-electron chi connectivity index (χ2n) is 5.09. The summed E-state index contributed by atoms with van der Waals surface area (Å²) in [5, 5.41) is 3.36. The van der Waals surface area contributed by atoms with E-state index in [0.717, 1.165) is 32.6 Å². The Morgan fingerprint density at radius 1 is 1.18 bits per heavy atom. The summed E-state index contributed by atoms with van der Waals surface area (Å²) in [6.45, 7) is 3.83. The van der Waals surface area contributed by atoms with Crippen molar-refractivity contribution in [1.29, 1.82) is 0 Å². The van der Waals surface area contributed by atoms with Crippen molar-refractivity contribution >= 4 is 9.84 Å². The molecule has 5 nitrogen and oxygen atoms in total. The van der Waals surface area contributed by atoms with Crippen LogP contribution in [0.15, 0.2) is 0 Å². The van der Waals surface area contributed by atoms with Gasteiger partial charge in [-0.2, -0.15) is 0 Å². The lowest BCUT2D eigenvalue weighted by molar-refractivity contribution is 0.260. The largest absolute Gasteiger partial charge is 0.314 e. The van der Waals surface area contributed by atoms with Crippen LogP contribution in [0.2, 0.25) is 0 Å². The van der Waals surface area contributed by atoms with Crippen molar-refractivity contribution in [2.24, 2.45) is 0 Å². The molecule has 1 saturated heterocycles.